The van der Waals surface area contributed by atoms with Crippen LogP contribution in [-0.4, -0.2) is 23.5 Å². The van der Waals surface area contributed by atoms with Crippen molar-refractivity contribution in [2.45, 2.75) is 26.7 Å². The Morgan fingerprint density at radius 3 is 2.50 bits per heavy atom. The maximum atomic E-state index is 11.7. The summed E-state index contributed by atoms with van der Waals surface area (Å²) in [6, 6.07) is 9.64. The average molecular weight is 301 g/mol. The number of aryl methyl sites for hydroxylation is 3. The van der Waals surface area contributed by atoms with E-state index in [0.29, 0.717) is 24.4 Å². The van der Waals surface area contributed by atoms with E-state index in [0.717, 1.165) is 5.56 Å². The van der Waals surface area contributed by atoms with Gasteiger partial charge in [0.25, 0.3) is 0 Å². The fraction of sp³-hybridized carbons (Fsp3) is 0.312. The predicted molar refractivity (Wildman–Crippen MR) is 82.4 cm³/mol. The summed E-state index contributed by atoms with van der Waals surface area (Å²) in [6.45, 7) is 3.67. The van der Waals surface area contributed by atoms with E-state index in [4.69, 9.17) is 4.52 Å². The molecule has 0 radical (unpaired) electrons. The van der Waals surface area contributed by atoms with Gasteiger partial charge in [-0.15, -0.1) is 0 Å². The van der Waals surface area contributed by atoms with Crippen molar-refractivity contribution in [3.63, 3.8) is 0 Å². The van der Waals surface area contributed by atoms with Gasteiger partial charge >= 0.3 is 0 Å². The Kier molecular flexibility index (Phi) is 5.30. The minimum absolute atomic E-state index is 0.0847. The van der Waals surface area contributed by atoms with E-state index in [1.807, 2.05) is 31.2 Å². The summed E-state index contributed by atoms with van der Waals surface area (Å²) >= 11 is 0. The van der Waals surface area contributed by atoms with Gasteiger partial charge in [-0.25, -0.2) is 0 Å². The molecule has 2 amide bonds. The van der Waals surface area contributed by atoms with Gasteiger partial charge in [0.2, 0.25) is 11.8 Å². The molecule has 0 aliphatic rings. The Balaban J connectivity index is 1.68. The van der Waals surface area contributed by atoms with Crippen LogP contribution in [0.25, 0.3) is 0 Å². The standard InChI is InChI=1S/C16H19N3O3/c1-11-3-5-13(6-4-11)7-8-15(20)17-10-16(21)18-14-9-12(2)22-19-14/h3-6,9H,7-8,10H2,1-2H3,(H,17,20)(H,18,19,21). The molecule has 1 aromatic carbocycles. The van der Waals surface area contributed by atoms with Crippen molar-refractivity contribution < 1.29 is 14.1 Å². The maximum Gasteiger partial charge on any atom is 0.245 e. The monoisotopic (exact) mass is 301 g/mol. The molecule has 2 N–H and O–H groups in total. The molecule has 22 heavy (non-hydrogen) atoms. The van der Waals surface area contributed by atoms with Crippen molar-refractivity contribution in [3.8, 4) is 0 Å². The SMILES string of the molecule is Cc1ccc(CCC(=O)NCC(=O)Nc2cc(C)on2)cc1. The molecule has 0 saturated carbocycles. The highest BCUT2D eigenvalue weighted by Crippen LogP contribution is 2.07. The highest BCUT2D eigenvalue weighted by atomic mass is 16.5. The van der Waals surface area contributed by atoms with Crippen molar-refractivity contribution in [2.75, 3.05) is 11.9 Å². The third-order valence-corrected chi connectivity index (χ3v) is 3.10. The molecule has 0 unspecified atom stereocenters. The van der Waals surface area contributed by atoms with Gasteiger partial charge in [0.05, 0.1) is 6.54 Å². The minimum Gasteiger partial charge on any atom is -0.360 e. The van der Waals surface area contributed by atoms with Crippen molar-refractivity contribution in [3.05, 3.63) is 47.2 Å². The van der Waals surface area contributed by atoms with Crippen LogP contribution in [-0.2, 0) is 16.0 Å². The largest absolute Gasteiger partial charge is 0.360 e. The van der Waals surface area contributed by atoms with Crippen molar-refractivity contribution >= 4 is 17.6 Å². The number of amides is 2. The summed E-state index contributed by atoms with van der Waals surface area (Å²) < 4.78 is 4.83. The molecule has 0 aliphatic heterocycles. The van der Waals surface area contributed by atoms with E-state index in [1.54, 1.807) is 13.0 Å². The lowest BCUT2D eigenvalue weighted by Crippen LogP contribution is -2.33. The number of anilines is 1. The predicted octanol–water partition coefficient (Wildman–Crippen LogP) is 1.98. The van der Waals surface area contributed by atoms with Gasteiger partial charge in [-0.2, -0.15) is 0 Å². The van der Waals surface area contributed by atoms with Crippen LogP contribution < -0.4 is 10.6 Å². The van der Waals surface area contributed by atoms with Crippen molar-refractivity contribution in [1.82, 2.24) is 10.5 Å². The van der Waals surface area contributed by atoms with Crippen molar-refractivity contribution in [2.24, 2.45) is 0 Å². The number of aromatic nitrogens is 1. The lowest BCUT2D eigenvalue weighted by molar-refractivity contribution is -0.124. The first kappa shape index (κ1) is 15.8. The molecule has 0 aliphatic carbocycles. The van der Waals surface area contributed by atoms with Gasteiger partial charge in [0.1, 0.15) is 5.76 Å². The van der Waals surface area contributed by atoms with Gasteiger partial charge in [0, 0.05) is 12.5 Å². The fourth-order valence-electron chi connectivity index (χ4n) is 1.89. The van der Waals surface area contributed by atoms with Crippen LogP contribution in [0.4, 0.5) is 5.82 Å². The van der Waals surface area contributed by atoms with E-state index in [2.05, 4.69) is 15.8 Å². The molecule has 0 bridgehead atoms. The topological polar surface area (TPSA) is 84.2 Å². The summed E-state index contributed by atoms with van der Waals surface area (Å²) in [6.07, 6.45) is 0.996. The van der Waals surface area contributed by atoms with E-state index in [1.165, 1.54) is 5.56 Å². The first-order chi connectivity index (χ1) is 10.5. The molecule has 0 saturated heterocycles. The number of carbonyl (C=O) groups excluding carboxylic acids is 2. The van der Waals surface area contributed by atoms with Gasteiger partial charge in [-0.05, 0) is 25.8 Å². The van der Waals surface area contributed by atoms with Crippen LogP contribution >= 0.6 is 0 Å². The summed E-state index contributed by atoms with van der Waals surface area (Å²) in [4.78, 5) is 23.3. The Hall–Kier alpha value is -2.63. The number of rotatable bonds is 6. The number of hydrogen-bond acceptors (Lipinski definition) is 4. The maximum absolute atomic E-state index is 11.7. The molecule has 0 fully saturated rings. The van der Waals surface area contributed by atoms with Crippen LogP contribution in [0.5, 0.6) is 0 Å². The Morgan fingerprint density at radius 1 is 1.14 bits per heavy atom. The van der Waals surface area contributed by atoms with Gasteiger partial charge in [-0.1, -0.05) is 35.0 Å². The van der Waals surface area contributed by atoms with Gasteiger partial charge in [0.15, 0.2) is 5.82 Å². The number of carbonyl (C=O) groups is 2. The highest BCUT2D eigenvalue weighted by molar-refractivity contribution is 5.93. The van der Waals surface area contributed by atoms with E-state index < -0.39 is 0 Å². The normalized spacial score (nSPS) is 10.3. The second-order valence-corrected chi connectivity index (χ2v) is 5.13. The molecule has 0 spiro atoms. The zero-order valence-corrected chi connectivity index (χ0v) is 12.7. The number of nitrogens with zero attached hydrogens (tertiary/aromatic N) is 1. The molecular formula is C16H19N3O3. The third-order valence-electron chi connectivity index (χ3n) is 3.10. The van der Waals surface area contributed by atoms with Crippen LogP contribution in [0.15, 0.2) is 34.9 Å². The van der Waals surface area contributed by atoms with Crippen LogP contribution in [0.1, 0.15) is 23.3 Å². The molecule has 6 nitrogen and oxygen atoms in total. The summed E-state index contributed by atoms with van der Waals surface area (Å²) in [5.41, 5.74) is 2.29. The lowest BCUT2D eigenvalue weighted by atomic mass is 10.1. The fourth-order valence-corrected chi connectivity index (χ4v) is 1.89. The second-order valence-electron chi connectivity index (χ2n) is 5.13. The minimum atomic E-state index is -0.336. The number of nitrogens with one attached hydrogen (secondary N) is 2. The molecule has 0 atom stereocenters. The van der Waals surface area contributed by atoms with Gasteiger partial charge in [-0.3, -0.25) is 9.59 Å². The van der Waals surface area contributed by atoms with Crippen LogP contribution in [0, 0.1) is 13.8 Å². The zero-order chi connectivity index (χ0) is 15.9. The molecule has 2 rings (SSSR count). The molecule has 2 aromatic rings. The Bertz CT molecular complexity index is 647. The summed E-state index contributed by atoms with van der Waals surface area (Å²) in [7, 11) is 0. The molecule has 6 heteroatoms. The molecule has 116 valence electrons. The van der Waals surface area contributed by atoms with E-state index >= 15 is 0 Å². The zero-order valence-electron chi connectivity index (χ0n) is 12.7. The summed E-state index contributed by atoms with van der Waals surface area (Å²) in [5.74, 6) is 0.456. The van der Waals surface area contributed by atoms with E-state index in [9.17, 15) is 9.59 Å². The Morgan fingerprint density at radius 2 is 1.86 bits per heavy atom. The molecule has 1 heterocycles. The number of hydrogen-bond donors (Lipinski definition) is 2. The summed E-state index contributed by atoms with van der Waals surface area (Å²) in [5, 5.41) is 8.77. The smallest absolute Gasteiger partial charge is 0.245 e. The number of benzene rings is 1. The highest BCUT2D eigenvalue weighted by Gasteiger charge is 2.08. The van der Waals surface area contributed by atoms with Crippen molar-refractivity contribution in [1.29, 1.82) is 0 Å². The Labute approximate surface area is 128 Å². The average Bonchev–Trinajstić information content (AvgIpc) is 2.89. The first-order valence-electron chi connectivity index (χ1n) is 7.08. The first-order valence-corrected chi connectivity index (χ1v) is 7.08. The third kappa shape index (κ3) is 5.05. The van der Waals surface area contributed by atoms with Crippen LogP contribution in [0.3, 0.4) is 0 Å². The van der Waals surface area contributed by atoms with Crippen LogP contribution in [0.2, 0.25) is 0 Å². The molecule has 1 aromatic heterocycles. The molecular weight excluding hydrogens is 282 g/mol. The van der Waals surface area contributed by atoms with E-state index in [-0.39, 0.29) is 18.4 Å². The van der Waals surface area contributed by atoms with Gasteiger partial charge < -0.3 is 15.2 Å². The second kappa shape index (κ2) is 7.40. The quantitative estimate of drug-likeness (QED) is 0.854. The lowest BCUT2D eigenvalue weighted by Gasteiger charge is -2.05.